The molecule has 0 radical (unpaired) electrons. The predicted octanol–water partition coefficient (Wildman–Crippen LogP) is 1.61. The monoisotopic (exact) mass is 394 g/mol. The van der Waals surface area contributed by atoms with E-state index in [1.54, 1.807) is 19.5 Å². The Bertz CT molecular complexity index is 854. The van der Waals surface area contributed by atoms with Gasteiger partial charge in [-0.1, -0.05) is 30.4 Å². The molecule has 2 heterocycles. The zero-order valence-electron chi connectivity index (χ0n) is 16.5. The fraction of sp³-hybridized carbons (Fsp3) is 0.318. The number of hydrogen-bond donors (Lipinski definition) is 2. The van der Waals surface area contributed by atoms with E-state index >= 15 is 0 Å². The molecular weight excluding hydrogens is 368 g/mol. The van der Waals surface area contributed by atoms with Crippen molar-refractivity contribution in [2.45, 2.75) is 19.0 Å². The van der Waals surface area contributed by atoms with Crippen molar-refractivity contribution in [1.29, 1.82) is 0 Å². The van der Waals surface area contributed by atoms with Crippen LogP contribution in [0.4, 0.5) is 0 Å². The Morgan fingerprint density at radius 2 is 2.10 bits per heavy atom. The van der Waals surface area contributed by atoms with E-state index in [-0.39, 0.29) is 18.2 Å². The molecule has 1 aromatic heterocycles. The number of methoxy groups -OCH3 is 1. The molecule has 1 aliphatic rings. The van der Waals surface area contributed by atoms with Crippen LogP contribution >= 0.6 is 0 Å². The van der Waals surface area contributed by atoms with E-state index in [1.807, 2.05) is 53.5 Å². The third-order valence-electron chi connectivity index (χ3n) is 4.84. The van der Waals surface area contributed by atoms with Gasteiger partial charge in [0.1, 0.15) is 5.75 Å². The lowest BCUT2D eigenvalue weighted by Crippen LogP contribution is -2.56. The highest BCUT2D eigenvalue weighted by Gasteiger charge is 2.30. The highest BCUT2D eigenvalue weighted by Crippen LogP contribution is 2.19. The van der Waals surface area contributed by atoms with Gasteiger partial charge in [0.05, 0.1) is 19.6 Å². The SMILES string of the molecule is COc1ccccc1/C=C/CN1CCNC(=O)[C@H]1CC(=O)NCc1ccncc1. The van der Waals surface area contributed by atoms with Crippen LogP contribution in [0, 0.1) is 0 Å². The van der Waals surface area contributed by atoms with Crippen LogP contribution in [0.25, 0.3) is 6.08 Å². The highest BCUT2D eigenvalue weighted by molar-refractivity contribution is 5.88. The minimum Gasteiger partial charge on any atom is -0.496 e. The first-order chi connectivity index (χ1) is 14.2. The van der Waals surface area contributed by atoms with E-state index in [1.165, 1.54) is 0 Å². The number of nitrogens with zero attached hydrogens (tertiary/aromatic N) is 2. The molecule has 0 spiro atoms. The van der Waals surface area contributed by atoms with Crippen LogP contribution in [-0.2, 0) is 16.1 Å². The van der Waals surface area contributed by atoms with Crippen LogP contribution in [-0.4, -0.2) is 54.5 Å². The molecule has 3 rings (SSSR count). The molecule has 2 N–H and O–H groups in total. The molecule has 29 heavy (non-hydrogen) atoms. The summed E-state index contributed by atoms with van der Waals surface area (Å²) in [6, 6.07) is 11.0. The number of pyridine rings is 1. The van der Waals surface area contributed by atoms with Crippen molar-refractivity contribution in [2.75, 3.05) is 26.7 Å². The molecule has 152 valence electrons. The van der Waals surface area contributed by atoms with Gasteiger partial charge >= 0.3 is 0 Å². The Balaban J connectivity index is 1.57. The van der Waals surface area contributed by atoms with Crippen molar-refractivity contribution in [2.24, 2.45) is 0 Å². The number of nitrogens with one attached hydrogen (secondary N) is 2. The number of benzene rings is 1. The summed E-state index contributed by atoms with van der Waals surface area (Å²) in [6.07, 6.45) is 7.47. The van der Waals surface area contributed by atoms with E-state index < -0.39 is 6.04 Å². The van der Waals surface area contributed by atoms with Gasteiger partial charge in [-0.15, -0.1) is 0 Å². The largest absolute Gasteiger partial charge is 0.496 e. The van der Waals surface area contributed by atoms with Crippen molar-refractivity contribution >= 4 is 17.9 Å². The van der Waals surface area contributed by atoms with E-state index in [0.717, 1.165) is 16.9 Å². The molecule has 0 saturated carbocycles. The maximum Gasteiger partial charge on any atom is 0.237 e. The first-order valence-electron chi connectivity index (χ1n) is 9.64. The summed E-state index contributed by atoms with van der Waals surface area (Å²) in [5, 5.41) is 5.73. The molecule has 1 fully saturated rings. The van der Waals surface area contributed by atoms with Crippen molar-refractivity contribution in [3.05, 3.63) is 66.0 Å². The number of carbonyl (C=O) groups is 2. The van der Waals surface area contributed by atoms with Crippen molar-refractivity contribution in [3.8, 4) is 5.75 Å². The second-order valence-corrected chi connectivity index (χ2v) is 6.78. The Kier molecular flexibility index (Phi) is 7.35. The number of piperazine rings is 1. The second-order valence-electron chi connectivity index (χ2n) is 6.78. The van der Waals surface area contributed by atoms with Crippen molar-refractivity contribution < 1.29 is 14.3 Å². The summed E-state index contributed by atoms with van der Waals surface area (Å²) in [4.78, 5) is 30.7. The predicted molar refractivity (Wildman–Crippen MR) is 111 cm³/mol. The van der Waals surface area contributed by atoms with Gasteiger partial charge in [0, 0.05) is 44.1 Å². The zero-order valence-corrected chi connectivity index (χ0v) is 16.5. The highest BCUT2D eigenvalue weighted by atomic mass is 16.5. The van der Waals surface area contributed by atoms with Crippen LogP contribution in [0.5, 0.6) is 5.75 Å². The van der Waals surface area contributed by atoms with Gasteiger partial charge in [-0.25, -0.2) is 0 Å². The third kappa shape index (κ3) is 5.89. The fourth-order valence-corrected chi connectivity index (χ4v) is 3.27. The standard InChI is InChI=1S/C22H26N4O3/c1-29-20-7-3-2-5-18(20)6-4-13-26-14-12-24-22(28)19(26)15-21(27)25-16-17-8-10-23-11-9-17/h2-11,19H,12-16H2,1H3,(H,24,28)(H,25,27)/b6-4+/t19-/m1/s1. The number of aromatic nitrogens is 1. The van der Waals surface area contributed by atoms with Gasteiger partial charge in [0.15, 0.2) is 0 Å². The molecule has 7 nitrogen and oxygen atoms in total. The summed E-state index contributed by atoms with van der Waals surface area (Å²) in [6.45, 7) is 2.28. The van der Waals surface area contributed by atoms with Crippen LogP contribution < -0.4 is 15.4 Å². The minimum absolute atomic E-state index is 0.110. The first kappa shape index (κ1) is 20.5. The van der Waals surface area contributed by atoms with Crippen molar-refractivity contribution in [1.82, 2.24) is 20.5 Å². The first-order valence-corrected chi connectivity index (χ1v) is 9.64. The van der Waals surface area contributed by atoms with Crippen LogP contribution in [0.2, 0.25) is 0 Å². The molecule has 1 aliphatic heterocycles. The average molecular weight is 394 g/mol. The quantitative estimate of drug-likeness (QED) is 0.711. The lowest BCUT2D eigenvalue weighted by Gasteiger charge is -2.33. The number of ether oxygens (including phenoxy) is 1. The van der Waals surface area contributed by atoms with Gasteiger partial charge in [-0.05, 0) is 23.8 Å². The number of hydrogen-bond acceptors (Lipinski definition) is 5. The summed E-state index contributed by atoms with van der Waals surface area (Å²) in [5.41, 5.74) is 1.95. The number of para-hydroxylation sites is 1. The van der Waals surface area contributed by atoms with E-state index in [2.05, 4.69) is 15.6 Å². The normalized spacial score (nSPS) is 17.1. The number of rotatable bonds is 8. The molecular formula is C22H26N4O3. The maximum absolute atomic E-state index is 12.4. The third-order valence-corrected chi connectivity index (χ3v) is 4.84. The topological polar surface area (TPSA) is 83.6 Å². The maximum atomic E-state index is 12.4. The minimum atomic E-state index is -0.483. The fourth-order valence-electron chi connectivity index (χ4n) is 3.27. The Morgan fingerprint density at radius 3 is 2.90 bits per heavy atom. The van der Waals surface area contributed by atoms with Gasteiger partial charge < -0.3 is 15.4 Å². The van der Waals surface area contributed by atoms with Crippen LogP contribution in [0.15, 0.2) is 54.9 Å². The van der Waals surface area contributed by atoms with Gasteiger partial charge in [-0.2, -0.15) is 0 Å². The smallest absolute Gasteiger partial charge is 0.237 e. The lowest BCUT2D eigenvalue weighted by molar-refractivity contribution is -0.133. The molecule has 0 aliphatic carbocycles. The molecule has 2 aromatic rings. The van der Waals surface area contributed by atoms with Crippen molar-refractivity contribution in [3.63, 3.8) is 0 Å². The van der Waals surface area contributed by atoms with Gasteiger partial charge in [-0.3, -0.25) is 19.5 Å². The average Bonchev–Trinajstić information content (AvgIpc) is 2.75. The van der Waals surface area contributed by atoms with E-state index in [4.69, 9.17) is 4.74 Å². The Morgan fingerprint density at radius 1 is 1.31 bits per heavy atom. The Labute approximate surface area is 170 Å². The molecule has 1 atom stereocenters. The second kappa shape index (κ2) is 10.4. The molecule has 1 saturated heterocycles. The van der Waals surface area contributed by atoms with Crippen LogP contribution in [0.3, 0.4) is 0 Å². The summed E-state index contributed by atoms with van der Waals surface area (Å²) in [5.74, 6) is 0.538. The van der Waals surface area contributed by atoms with E-state index in [9.17, 15) is 9.59 Å². The lowest BCUT2D eigenvalue weighted by atomic mass is 10.1. The summed E-state index contributed by atoms with van der Waals surface area (Å²) < 4.78 is 5.36. The van der Waals surface area contributed by atoms with Gasteiger partial charge in [0.2, 0.25) is 11.8 Å². The number of amides is 2. The van der Waals surface area contributed by atoms with Gasteiger partial charge in [0.25, 0.3) is 0 Å². The zero-order chi connectivity index (χ0) is 20.5. The summed E-state index contributed by atoms with van der Waals surface area (Å²) >= 11 is 0. The molecule has 0 bridgehead atoms. The molecule has 2 amide bonds. The summed E-state index contributed by atoms with van der Waals surface area (Å²) in [7, 11) is 1.64. The van der Waals surface area contributed by atoms with E-state index in [0.29, 0.717) is 26.2 Å². The number of carbonyl (C=O) groups excluding carboxylic acids is 2. The molecule has 7 heteroatoms. The molecule has 0 unspecified atom stereocenters. The molecule has 1 aromatic carbocycles. The Hall–Kier alpha value is -3.19. The van der Waals surface area contributed by atoms with Crippen LogP contribution in [0.1, 0.15) is 17.5 Å².